The highest BCUT2D eigenvalue weighted by Gasteiger charge is 2.08. The van der Waals surface area contributed by atoms with Crippen molar-refractivity contribution >= 4 is 17.7 Å². The van der Waals surface area contributed by atoms with E-state index in [0.717, 1.165) is 11.1 Å². The van der Waals surface area contributed by atoms with Crippen molar-refractivity contribution in [1.82, 2.24) is 15.2 Å². The van der Waals surface area contributed by atoms with Gasteiger partial charge in [0, 0.05) is 18.8 Å². The molecule has 0 fully saturated rings. The maximum atomic E-state index is 12.1. The van der Waals surface area contributed by atoms with Crippen molar-refractivity contribution in [1.29, 1.82) is 0 Å². The Balaban J connectivity index is 1.83. The van der Waals surface area contributed by atoms with Crippen LogP contribution in [0.15, 0.2) is 84.1 Å². The van der Waals surface area contributed by atoms with Gasteiger partial charge < -0.3 is 0 Å². The van der Waals surface area contributed by atoms with Crippen molar-refractivity contribution in [2.75, 3.05) is 0 Å². The van der Waals surface area contributed by atoms with E-state index in [1.165, 1.54) is 0 Å². The number of aryl methyl sites for hydroxylation is 1. The van der Waals surface area contributed by atoms with Crippen LogP contribution in [-0.2, 0) is 7.05 Å². The molecule has 0 spiro atoms. The van der Waals surface area contributed by atoms with E-state index in [2.05, 4.69) is 15.6 Å². The van der Waals surface area contributed by atoms with Crippen LogP contribution >= 0.6 is 0 Å². The molecule has 3 rings (SSSR count). The molecule has 1 N–H and O–H groups in total. The molecule has 0 aliphatic rings. The SMILES string of the molecule is Cn1ccc(C(=O)NN=C(/C=C/c2ccccc2)c2ccccc2)n1. The van der Waals surface area contributed by atoms with Crippen LogP contribution in [0.3, 0.4) is 0 Å². The highest BCUT2D eigenvalue weighted by Crippen LogP contribution is 2.07. The Hall–Kier alpha value is -3.47. The minimum Gasteiger partial charge on any atom is -0.275 e. The number of aromatic nitrogens is 2. The number of allylic oxidation sites excluding steroid dienone is 1. The van der Waals surface area contributed by atoms with E-state index in [1.807, 2.05) is 72.8 Å². The smallest absolute Gasteiger partial charge is 0.275 e. The van der Waals surface area contributed by atoms with Gasteiger partial charge in [0.15, 0.2) is 5.69 Å². The minimum absolute atomic E-state index is 0.325. The monoisotopic (exact) mass is 330 g/mol. The van der Waals surface area contributed by atoms with Gasteiger partial charge in [0.1, 0.15) is 0 Å². The lowest BCUT2D eigenvalue weighted by Crippen LogP contribution is -2.20. The lowest BCUT2D eigenvalue weighted by atomic mass is 10.1. The maximum absolute atomic E-state index is 12.1. The van der Waals surface area contributed by atoms with Crippen LogP contribution in [0.25, 0.3) is 6.08 Å². The predicted molar refractivity (Wildman–Crippen MR) is 99.1 cm³/mol. The summed E-state index contributed by atoms with van der Waals surface area (Å²) in [5.74, 6) is -0.345. The zero-order valence-electron chi connectivity index (χ0n) is 13.8. The summed E-state index contributed by atoms with van der Waals surface area (Å²) in [6, 6.07) is 21.3. The molecule has 25 heavy (non-hydrogen) atoms. The first-order chi connectivity index (χ1) is 12.2. The predicted octanol–water partition coefficient (Wildman–Crippen LogP) is 3.27. The molecule has 0 saturated heterocycles. The third-order valence-electron chi connectivity index (χ3n) is 3.53. The lowest BCUT2D eigenvalue weighted by Gasteiger charge is -2.03. The van der Waals surface area contributed by atoms with Crippen LogP contribution in [0.5, 0.6) is 0 Å². The molecular weight excluding hydrogens is 312 g/mol. The second kappa shape index (κ2) is 7.88. The van der Waals surface area contributed by atoms with E-state index in [4.69, 9.17) is 0 Å². The molecule has 5 heteroatoms. The number of hydrazone groups is 1. The molecule has 3 aromatic rings. The molecule has 0 saturated carbocycles. The molecule has 1 heterocycles. The fourth-order valence-electron chi connectivity index (χ4n) is 2.25. The Morgan fingerprint density at radius 1 is 1.04 bits per heavy atom. The summed E-state index contributed by atoms with van der Waals surface area (Å²) in [6.45, 7) is 0. The van der Waals surface area contributed by atoms with Gasteiger partial charge in [0.2, 0.25) is 0 Å². The van der Waals surface area contributed by atoms with Gasteiger partial charge in [0.25, 0.3) is 5.91 Å². The van der Waals surface area contributed by atoms with Crippen molar-refractivity contribution in [3.63, 3.8) is 0 Å². The molecule has 0 aliphatic carbocycles. The topological polar surface area (TPSA) is 59.3 Å². The molecule has 124 valence electrons. The van der Waals surface area contributed by atoms with Gasteiger partial charge in [-0.15, -0.1) is 0 Å². The average Bonchev–Trinajstić information content (AvgIpc) is 3.10. The lowest BCUT2D eigenvalue weighted by molar-refractivity contribution is 0.0949. The third kappa shape index (κ3) is 4.51. The van der Waals surface area contributed by atoms with Crippen molar-refractivity contribution in [2.45, 2.75) is 0 Å². The van der Waals surface area contributed by atoms with Gasteiger partial charge in [0.05, 0.1) is 5.71 Å². The largest absolute Gasteiger partial charge is 0.291 e. The number of rotatable bonds is 5. The quantitative estimate of drug-likeness (QED) is 0.576. The van der Waals surface area contributed by atoms with Crippen LogP contribution in [0.2, 0.25) is 0 Å². The van der Waals surface area contributed by atoms with Gasteiger partial charge in [-0.2, -0.15) is 10.2 Å². The minimum atomic E-state index is -0.345. The number of carbonyl (C=O) groups is 1. The van der Waals surface area contributed by atoms with Crippen LogP contribution < -0.4 is 5.43 Å². The molecule has 0 unspecified atom stereocenters. The zero-order valence-corrected chi connectivity index (χ0v) is 13.8. The highest BCUT2D eigenvalue weighted by molar-refractivity contribution is 6.11. The summed E-state index contributed by atoms with van der Waals surface area (Å²) in [5.41, 5.74) is 5.53. The average molecular weight is 330 g/mol. The van der Waals surface area contributed by atoms with E-state index < -0.39 is 0 Å². The Morgan fingerprint density at radius 3 is 2.36 bits per heavy atom. The van der Waals surface area contributed by atoms with Crippen molar-refractivity contribution < 1.29 is 4.79 Å². The van der Waals surface area contributed by atoms with Crippen molar-refractivity contribution in [2.24, 2.45) is 12.1 Å². The molecule has 0 radical (unpaired) electrons. The molecular formula is C20H18N4O. The number of amides is 1. The van der Waals surface area contributed by atoms with E-state index in [-0.39, 0.29) is 5.91 Å². The number of hydrogen-bond donors (Lipinski definition) is 1. The van der Waals surface area contributed by atoms with Crippen LogP contribution in [0.1, 0.15) is 21.6 Å². The Kier molecular flexibility index (Phi) is 5.16. The maximum Gasteiger partial charge on any atom is 0.291 e. The molecule has 0 bridgehead atoms. The summed E-state index contributed by atoms with van der Waals surface area (Å²) in [7, 11) is 1.76. The van der Waals surface area contributed by atoms with E-state index >= 15 is 0 Å². The standard InChI is InChI=1S/C20H18N4O/c1-24-15-14-19(23-24)20(25)22-21-18(17-10-6-3-7-11-17)13-12-16-8-4-2-5-9-16/h2-15H,1H3,(H,22,25)/b13-12+,21-18?. The Labute approximate surface area is 146 Å². The fraction of sp³-hybridized carbons (Fsp3) is 0.0500. The van der Waals surface area contributed by atoms with Crippen LogP contribution in [0.4, 0.5) is 0 Å². The number of benzene rings is 2. The highest BCUT2D eigenvalue weighted by atomic mass is 16.2. The molecule has 2 aromatic carbocycles. The molecule has 0 aliphatic heterocycles. The summed E-state index contributed by atoms with van der Waals surface area (Å²) < 4.78 is 1.58. The van der Waals surface area contributed by atoms with Gasteiger partial charge >= 0.3 is 0 Å². The van der Waals surface area contributed by atoms with Gasteiger partial charge in [-0.05, 0) is 17.7 Å². The first-order valence-electron chi connectivity index (χ1n) is 7.88. The van der Waals surface area contributed by atoms with Crippen molar-refractivity contribution in [3.8, 4) is 0 Å². The number of hydrogen-bond acceptors (Lipinski definition) is 3. The van der Waals surface area contributed by atoms with E-state index in [9.17, 15) is 4.79 Å². The Morgan fingerprint density at radius 2 is 1.72 bits per heavy atom. The fourth-order valence-corrected chi connectivity index (χ4v) is 2.25. The van der Waals surface area contributed by atoms with Gasteiger partial charge in [-0.25, -0.2) is 5.43 Å². The summed E-state index contributed by atoms with van der Waals surface area (Å²) in [6.07, 6.45) is 5.55. The molecule has 5 nitrogen and oxygen atoms in total. The molecule has 1 amide bonds. The number of nitrogens with one attached hydrogen (secondary N) is 1. The molecule has 0 atom stereocenters. The molecule has 1 aromatic heterocycles. The van der Waals surface area contributed by atoms with Gasteiger partial charge in [-0.1, -0.05) is 66.7 Å². The first kappa shape index (κ1) is 16.4. The Bertz CT molecular complexity index is 896. The second-order valence-corrected chi connectivity index (χ2v) is 5.42. The van der Waals surface area contributed by atoms with E-state index in [0.29, 0.717) is 11.4 Å². The summed E-state index contributed by atoms with van der Waals surface area (Å²) >= 11 is 0. The zero-order chi connectivity index (χ0) is 17.5. The second-order valence-electron chi connectivity index (χ2n) is 5.42. The number of carbonyl (C=O) groups excluding carboxylic acids is 1. The van der Waals surface area contributed by atoms with E-state index in [1.54, 1.807) is 24.0 Å². The first-order valence-corrected chi connectivity index (χ1v) is 7.88. The van der Waals surface area contributed by atoms with Crippen molar-refractivity contribution in [3.05, 3.63) is 95.8 Å². The number of nitrogens with zero attached hydrogens (tertiary/aromatic N) is 3. The van der Waals surface area contributed by atoms with Crippen LogP contribution in [-0.4, -0.2) is 21.4 Å². The van der Waals surface area contributed by atoms with Gasteiger partial charge in [-0.3, -0.25) is 9.48 Å². The summed E-state index contributed by atoms with van der Waals surface area (Å²) in [5, 5.41) is 8.35. The normalized spacial score (nSPS) is 11.6. The van der Waals surface area contributed by atoms with Crippen LogP contribution in [0, 0.1) is 0 Å². The summed E-state index contributed by atoms with van der Waals surface area (Å²) in [4.78, 5) is 12.1. The third-order valence-corrected chi connectivity index (χ3v) is 3.53.